The van der Waals surface area contributed by atoms with Gasteiger partial charge in [0, 0.05) is 17.7 Å². The van der Waals surface area contributed by atoms with Gasteiger partial charge in [-0.15, -0.1) is 0 Å². The van der Waals surface area contributed by atoms with Crippen molar-refractivity contribution in [3.63, 3.8) is 0 Å². The number of fused-ring (bicyclic) bond motifs is 1. The fourth-order valence-electron chi connectivity index (χ4n) is 3.37. The zero-order chi connectivity index (χ0) is 7.64. The average Bonchev–Trinajstić information content (AvgIpc) is 1.81. The maximum atomic E-state index is 6.19. The minimum absolute atomic E-state index is 0.0966. The zero-order valence-electron chi connectivity index (χ0n) is 6.64. The van der Waals surface area contributed by atoms with Gasteiger partial charge in [0.15, 0.2) is 0 Å². The van der Waals surface area contributed by atoms with E-state index in [4.69, 9.17) is 11.5 Å². The molecule has 4 N–H and O–H groups in total. The summed E-state index contributed by atoms with van der Waals surface area (Å²) in [7, 11) is 0. The number of hydrogen-bond acceptors (Lipinski definition) is 2. The van der Waals surface area contributed by atoms with Gasteiger partial charge in [0.2, 0.25) is 0 Å². The van der Waals surface area contributed by atoms with Gasteiger partial charge in [-0.25, -0.2) is 0 Å². The molecule has 2 heteroatoms. The highest BCUT2D eigenvalue weighted by molar-refractivity contribution is 5.36. The second kappa shape index (κ2) is 1.48. The largest absolute Gasteiger partial charge is 0.402 e. The lowest BCUT2D eigenvalue weighted by Gasteiger charge is -2.57. The number of hydrogen-bond donors (Lipinski definition) is 2. The quantitative estimate of drug-likeness (QED) is 0.535. The fourth-order valence-corrected chi connectivity index (χ4v) is 3.37. The van der Waals surface area contributed by atoms with E-state index in [1.807, 2.05) is 0 Å². The molecule has 3 fully saturated rings. The van der Waals surface area contributed by atoms with Crippen LogP contribution in [0.3, 0.4) is 0 Å². The molecule has 0 saturated heterocycles. The lowest BCUT2D eigenvalue weighted by molar-refractivity contribution is 0.0955. The van der Waals surface area contributed by atoms with Crippen molar-refractivity contribution < 1.29 is 0 Å². The summed E-state index contributed by atoms with van der Waals surface area (Å²) >= 11 is 0. The maximum Gasteiger partial charge on any atom is 0.0220 e. The van der Waals surface area contributed by atoms with Gasteiger partial charge in [-0.3, -0.25) is 0 Å². The van der Waals surface area contributed by atoms with Gasteiger partial charge in [-0.1, -0.05) is 0 Å². The van der Waals surface area contributed by atoms with Gasteiger partial charge in [0.1, 0.15) is 0 Å². The van der Waals surface area contributed by atoms with E-state index in [-0.39, 0.29) is 5.54 Å². The summed E-state index contributed by atoms with van der Waals surface area (Å²) in [5, 5.41) is 0. The molecule has 11 heavy (non-hydrogen) atoms. The topological polar surface area (TPSA) is 52.0 Å². The standard InChI is InChI=1S/C9H14N2/c10-7-4-9(11)2-5-1-6(3-9)8(5)7/h5-6H,1-4,10-11H2. The minimum Gasteiger partial charge on any atom is -0.402 e. The molecule has 0 aromatic carbocycles. The first-order valence-electron chi connectivity index (χ1n) is 4.45. The molecule has 5 aliphatic rings. The Morgan fingerprint density at radius 2 is 1.91 bits per heavy atom. The predicted molar refractivity (Wildman–Crippen MR) is 43.6 cm³/mol. The van der Waals surface area contributed by atoms with E-state index < -0.39 is 0 Å². The summed E-state index contributed by atoms with van der Waals surface area (Å²) < 4.78 is 0. The van der Waals surface area contributed by atoms with Crippen molar-refractivity contribution in [2.24, 2.45) is 23.3 Å². The Morgan fingerprint density at radius 3 is 2.36 bits per heavy atom. The normalized spacial score (nSPS) is 52.8. The SMILES string of the molecule is NC1=C2C3CC2CC(N)(C1)C3. The van der Waals surface area contributed by atoms with E-state index in [0.29, 0.717) is 0 Å². The van der Waals surface area contributed by atoms with Gasteiger partial charge in [0.05, 0.1) is 0 Å². The van der Waals surface area contributed by atoms with Crippen molar-refractivity contribution >= 4 is 0 Å². The minimum atomic E-state index is 0.0966. The molecule has 4 bridgehead atoms. The third kappa shape index (κ3) is 0.574. The first kappa shape index (κ1) is 6.06. The molecule has 2 unspecified atom stereocenters. The van der Waals surface area contributed by atoms with Crippen LogP contribution in [0.5, 0.6) is 0 Å². The molecule has 0 radical (unpaired) electrons. The number of rotatable bonds is 0. The van der Waals surface area contributed by atoms with Gasteiger partial charge in [-0.2, -0.15) is 0 Å². The van der Waals surface area contributed by atoms with Gasteiger partial charge in [0.25, 0.3) is 0 Å². The van der Waals surface area contributed by atoms with Crippen molar-refractivity contribution in [2.75, 3.05) is 0 Å². The van der Waals surface area contributed by atoms with E-state index in [1.54, 1.807) is 5.57 Å². The first-order chi connectivity index (χ1) is 5.18. The Morgan fingerprint density at radius 1 is 1.27 bits per heavy atom. The number of nitrogens with two attached hydrogens (primary N) is 2. The van der Waals surface area contributed by atoms with Gasteiger partial charge >= 0.3 is 0 Å². The highest BCUT2D eigenvalue weighted by Gasteiger charge is 2.53. The third-order valence-corrected chi connectivity index (χ3v) is 3.67. The molecule has 3 saturated carbocycles. The molecule has 5 rings (SSSR count). The first-order valence-corrected chi connectivity index (χ1v) is 4.45. The molecular formula is C9H14N2. The smallest absolute Gasteiger partial charge is 0.0220 e. The Balaban J connectivity index is 2.12. The molecule has 2 nitrogen and oxygen atoms in total. The molecule has 5 aliphatic carbocycles. The summed E-state index contributed by atoms with van der Waals surface area (Å²) in [6.07, 6.45) is 4.75. The van der Waals surface area contributed by atoms with Gasteiger partial charge in [-0.05, 0) is 36.7 Å². The molecule has 0 amide bonds. The molecule has 0 spiro atoms. The van der Waals surface area contributed by atoms with Crippen molar-refractivity contribution in [2.45, 2.75) is 31.2 Å². The van der Waals surface area contributed by atoms with E-state index >= 15 is 0 Å². The van der Waals surface area contributed by atoms with Crippen molar-refractivity contribution in [3.05, 3.63) is 11.3 Å². The summed E-state index contributed by atoms with van der Waals surface area (Å²) in [4.78, 5) is 0. The zero-order valence-corrected chi connectivity index (χ0v) is 6.64. The van der Waals surface area contributed by atoms with Gasteiger partial charge < -0.3 is 11.5 Å². The van der Waals surface area contributed by atoms with Crippen molar-refractivity contribution in [3.8, 4) is 0 Å². The molecule has 0 aromatic rings. The monoisotopic (exact) mass is 150 g/mol. The summed E-state index contributed by atoms with van der Waals surface area (Å²) in [5.41, 5.74) is 14.9. The fraction of sp³-hybridized carbons (Fsp3) is 0.778. The van der Waals surface area contributed by atoms with E-state index in [0.717, 1.165) is 24.0 Å². The average molecular weight is 150 g/mol. The second-order valence-electron chi connectivity index (χ2n) is 4.56. The predicted octanol–water partition coefficient (Wildman–Crippen LogP) is 0.730. The molecule has 0 aliphatic heterocycles. The summed E-state index contributed by atoms with van der Waals surface area (Å²) in [6, 6.07) is 0. The third-order valence-electron chi connectivity index (χ3n) is 3.67. The molecule has 0 aromatic heterocycles. The lowest BCUT2D eigenvalue weighted by Crippen LogP contribution is -2.58. The van der Waals surface area contributed by atoms with E-state index in [2.05, 4.69) is 0 Å². The summed E-state index contributed by atoms with van der Waals surface area (Å²) in [5.74, 6) is 1.57. The van der Waals surface area contributed by atoms with Crippen LogP contribution in [0, 0.1) is 11.8 Å². The molecule has 60 valence electrons. The Bertz CT molecular complexity index is 240. The van der Waals surface area contributed by atoms with Crippen LogP contribution >= 0.6 is 0 Å². The lowest BCUT2D eigenvalue weighted by atomic mass is 9.50. The Labute approximate surface area is 66.6 Å². The Hall–Kier alpha value is -0.500. The molecule has 0 heterocycles. The summed E-state index contributed by atoms with van der Waals surface area (Å²) in [6.45, 7) is 0. The Kier molecular flexibility index (Phi) is 0.819. The highest BCUT2D eigenvalue weighted by atomic mass is 14.8. The highest BCUT2D eigenvalue weighted by Crippen LogP contribution is 2.59. The van der Waals surface area contributed by atoms with E-state index in [1.165, 1.54) is 19.3 Å². The van der Waals surface area contributed by atoms with Crippen LogP contribution in [0.1, 0.15) is 25.7 Å². The second-order valence-corrected chi connectivity index (χ2v) is 4.56. The van der Waals surface area contributed by atoms with E-state index in [9.17, 15) is 0 Å². The van der Waals surface area contributed by atoms with Crippen LogP contribution in [-0.2, 0) is 0 Å². The van der Waals surface area contributed by atoms with Crippen molar-refractivity contribution in [1.29, 1.82) is 0 Å². The van der Waals surface area contributed by atoms with Crippen LogP contribution in [0.25, 0.3) is 0 Å². The van der Waals surface area contributed by atoms with Crippen molar-refractivity contribution in [1.82, 2.24) is 0 Å². The van der Waals surface area contributed by atoms with Crippen LogP contribution in [0.2, 0.25) is 0 Å². The van der Waals surface area contributed by atoms with Crippen LogP contribution in [0.15, 0.2) is 11.3 Å². The van der Waals surface area contributed by atoms with Crippen LogP contribution in [0.4, 0.5) is 0 Å². The molecular weight excluding hydrogens is 136 g/mol. The molecule has 2 atom stereocenters. The number of allylic oxidation sites excluding steroid dienone is 1. The van der Waals surface area contributed by atoms with Crippen LogP contribution in [-0.4, -0.2) is 5.54 Å². The van der Waals surface area contributed by atoms with Crippen LogP contribution < -0.4 is 11.5 Å². The maximum absolute atomic E-state index is 6.19.